The van der Waals surface area contributed by atoms with Crippen LogP contribution in [-0.2, 0) is 24.2 Å². The Hall–Kier alpha value is -4.56. The van der Waals surface area contributed by atoms with Gasteiger partial charge in [0.05, 0.1) is 18.7 Å². The molecular formula is C37H36ClN5O3. The maximum Gasteiger partial charge on any atom is 0.223 e. The molecule has 2 aromatic heterocycles. The summed E-state index contributed by atoms with van der Waals surface area (Å²) >= 11 is 6.49. The summed E-state index contributed by atoms with van der Waals surface area (Å²) in [5.41, 5.74) is 4.98. The molecule has 8 nitrogen and oxygen atoms in total. The van der Waals surface area contributed by atoms with Crippen LogP contribution in [0.5, 0.6) is 5.75 Å². The smallest absolute Gasteiger partial charge is 0.223 e. The summed E-state index contributed by atoms with van der Waals surface area (Å²) in [6, 6.07) is 19.7. The van der Waals surface area contributed by atoms with Crippen molar-refractivity contribution in [3.63, 3.8) is 0 Å². The summed E-state index contributed by atoms with van der Waals surface area (Å²) in [5.74, 6) is 1.83. The lowest BCUT2D eigenvalue weighted by molar-refractivity contribution is -0.133. The van der Waals surface area contributed by atoms with E-state index in [9.17, 15) is 9.59 Å². The third-order valence-electron chi connectivity index (χ3n) is 9.40. The van der Waals surface area contributed by atoms with E-state index in [1.807, 2.05) is 58.1 Å². The molecule has 2 aliphatic rings. The van der Waals surface area contributed by atoms with E-state index in [0.717, 1.165) is 60.6 Å². The lowest BCUT2D eigenvalue weighted by Gasteiger charge is -2.29. The first-order chi connectivity index (χ1) is 22.5. The predicted octanol–water partition coefficient (Wildman–Crippen LogP) is 7.36. The van der Waals surface area contributed by atoms with E-state index in [2.05, 4.69) is 17.1 Å². The van der Waals surface area contributed by atoms with Crippen LogP contribution in [0.15, 0.2) is 73.1 Å². The number of carbonyl (C=O) groups excluding carboxylic acids is 2. The first kappa shape index (κ1) is 30.1. The second kappa shape index (κ2) is 13.0. The summed E-state index contributed by atoms with van der Waals surface area (Å²) in [5, 5.41) is 7.58. The van der Waals surface area contributed by atoms with Crippen molar-refractivity contribution < 1.29 is 14.3 Å². The summed E-state index contributed by atoms with van der Waals surface area (Å²) < 4.78 is 7.20. The SMILES string of the molecule is COc1ccc(-c2nc(-c3ccncc3)nn2CCN(C(=O)CCC(=O)c2ccc3c4c(cccc24)CC3)C2CCCC2)cc1Cl. The Bertz CT molecular complexity index is 1910. The van der Waals surface area contributed by atoms with Gasteiger partial charge in [0.1, 0.15) is 5.75 Å². The third-order valence-corrected chi connectivity index (χ3v) is 9.70. The molecule has 0 spiro atoms. The number of ketones is 1. The number of amides is 1. The van der Waals surface area contributed by atoms with Gasteiger partial charge in [0.15, 0.2) is 17.4 Å². The molecule has 0 atom stereocenters. The third kappa shape index (κ3) is 5.89. The molecule has 0 aliphatic heterocycles. The Labute approximate surface area is 273 Å². The molecule has 234 valence electrons. The highest BCUT2D eigenvalue weighted by atomic mass is 35.5. The van der Waals surface area contributed by atoms with Crippen LogP contribution < -0.4 is 4.74 Å². The number of aryl methyl sites for hydroxylation is 2. The van der Waals surface area contributed by atoms with Gasteiger partial charge in [0, 0.05) is 54.5 Å². The summed E-state index contributed by atoms with van der Waals surface area (Å²) in [6.45, 7) is 0.914. The molecule has 2 aliphatic carbocycles. The average molecular weight is 634 g/mol. The number of carbonyl (C=O) groups is 2. The van der Waals surface area contributed by atoms with Gasteiger partial charge in [-0.1, -0.05) is 54.8 Å². The van der Waals surface area contributed by atoms with Gasteiger partial charge in [-0.2, -0.15) is 5.10 Å². The minimum Gasteiger partial charge on any atom is -0.495 e. The van der Waals surface area contributed by atoms with Crippen LogP contribution in [0.3, 0.4) is 0 Å². The number of halogens is 1. The van der Waals surface area contributed by atoms with Crippen molar-refractivity contribution in [3.8, 4) is 28.5 Å². The number of pyridine rings is 1. The fourth-order valence-corrected chi connectivity index (χ4v) is 7.32. The topological polar surface area (TPSA) is 90.2 Å². The van der Waals surface area contributed by atoms with E-state index in [1.165, 1.54) is 16.5 Å². The van der Waals surface area contributed by atoms with Gasteiger partial charge >= 0.3 is 0 Å². The molecule has 1 amide bonds. The molecule has 1 saturated carbocycles. The van der Waals surface area contributed by atoms with E-state index in [-0.39, 0.29) is 30.6 Å². The van der Waals surface area contributed by atoms with Crippen LogP contribution >= 0.6 is 11.6 Å². The number of methoxy groups -OCH3 is 1. The Kier molecular flexibility index (Phi) is 8.54. The first-order valence-electron chi connectivity index (χ1n) is 16.1. The van der Waals surface area contributed by atoms with Crippen molar-refractivity contribution in [1.29, 1.82) is 0 Å². The molecular weight excluding hydrogens is 598 g/mol. The Morgan fingerprint density at radius 2 is 1.74 bits per heavy atom. The zero-order chi connectivity index (χ0) is 31.6. The molecule has 46 heavy (non-hydrogen) atoms. The molecule has 3 aromatic carbocycles. The Morgan fingerprint density at radius 1 is 0.957 bits per heavy atom. The van der Waals surface area contributed by atoms with Crippen molar-refractivity contribution in [1.82, 2.24) is 24.6 Å². The standard InChI is InChI=1S/C37H36ClN5O3/c1-46-33-15-12-27(23-31(33)38)37-40-36(26-17-19-39-20-18-26)41-43(37)22-21-42(28-6-2-3-7-28)34(45)16-14-32(44)29-13-11-25-10-9-24-5-4-8-30(29)35(24)25/h4-5,8,11-13,15,17-20,23,28H,2-3,6-7,9-10,14,16,21-22H2,1H3. The van der Waals surface area contributed by atoms with E-state index in [0.29, 0.717) is 35.5 Å². The minimum absolute atomic E-state index is 0.00898. The van der Waals surface area contributed by atoms with Crippen LogP contribution in [0.2, 0.25) is 5.02 Å². The maximum atomic E-state index is 13.9. The van der Waals surface area contributed by atoms with E-state index < -0.39 is 0 Å². The quantitative estimate of drug-likeness (QED) is 0.141. The molecule has 0 radical (unpaired) electrons. The van der Waals surface area contributed by atoms with Crippen LogP contribution in [0.25, 0.3) is 33.5 Å². The van der Waals surface area contributed by atoms with Gasteiger partial charge in [0.25, 0.3) is 0 Å². The van der Waals surface area contributed by atoms with Gasteiger partial charge in [-0.05, 0) is 77.9 Å². The van der Waals surface area contributed by atoms with Crippen molar-refractivity contribution >= 4 is 34.1 Å². The number of nitrogens with zero attached hydrogens (tertiary/aromatic N) is 5. The lowest BCUT2D eigenvalue weighted by Crippen LogP contribution is -2.41. The molecule has 0 bridgehead atoms. The summed E-state index contributed by atoms with van der Waals surface area (Å²) in [7, 11) is 1.58. The second-order valence-electron chi connectivity index (χ2n) is 12.1. The lowest BCUT2D eigenvalue weighted by atomic mass is 9.96. The summed E-state index contributed by atoms with van der Waals surface area (Å²) in [6.07, 6.45) is 9.95. The fourth-order valence-electron chi connectivity index (χ4n) is 7.06. The number of Topliss-reactive ketones (excluding diaryl/α,β-unsaturated/α-hetero) is 1. The number of ether oxygens (including phenoxy) is 1. The van der Waals surface area contributed by atoms with Gasteiger partial charge in [0.2, 0.25) is 5.91 Å². The monoisotopic (exact) mass is 633 g/mol. The zero-order valence-electron chi connectivity index (χ0n) is 25.9. The fraction of sp³-hybridized carbons (Fsp3) is 0.324. The minimum atomic E-state index is 0.00898. The molecule has 0 saturated heterocycles. The molecule has 7 rings (SSSR count). The molecule has 5 aromatic rings. The van der Waals surface area contributed by atoms with Crippen LogP contribution in [0, 0.1) is 0 Å². The van der Waals surface area contributed by atoms with E-state index in [1.54, 1.807) is 19.5 Å². The first-order valence-corrected chi connectivity index (χ1v) is 16.4. The van der Waals surface area contributed by atoms with Gasteiger partial charge in [-0.15, -0.1) is 0 Å². The van der Waals surface area contributed by atoms with Crippen molar-refractivity contribution in [3.05, 3.63) is 94.8 Å². The average Bonchev–Trinajstić information content (AvgIpc) is 3.86. The maximum absolute atomic E-state index is 13.9. The molecule has 2 heterocycles. The van der Waals surface area contributed by atoms with Gasteiger partial charge in [-0.25, -0.2) is 9.67 Å². The van der Waals surface area contributed by atoms with Crippen molar-refractivity contribution in [2.24, 2.45) is 0 Å². The van der Waals surface area contributed by atoms with Crippen molar-refractivity contribution in [2.45, 2.75) is 64.0 Å². The van der Waals surface area contributed by atoms with Gasteiger partial charge < -0.3 is 9.64 Å². The largest absolute Gasteiger partial charge is 0.495 e. The zero-order valence-corrected chi connectivity index (χ0v) is 26.7. The van der Waals surface area contributed by atoms with Crippen LogP contribution in [0.4, 0.5) is 0 Å². The van der Waals surface area contributed by atoms with Crippen molar-refractivity contribution in [2.75, 3.05) is 13.7 Å². The number of benzene rings is 3. The number of aromatic nitrogens is 4. The highest BCUT2D eigenvalue weighted by Gasteiger charge is 2.28. The normalized spacial score (nSPS) is 14.2. The Balaban J connectivity index is 1.12. The molecule has 9 heteroatoms. The number of rotatable bonds is 11. The summed E-state index contributed by atoms with van der Waals surface area (Å²) in [4.78, 5) is 38.4. The van der Waals surface area contributed by atoms with Crippen LogP contribution in [0.1, 0.15) is 60.0 Å². The Morgan fingerprint density at radius 3 is 2.50 bits per heavy atom. The highest BCUT2D eigenvalue weighted by Crippen LogP contribution is 2.34. The highest BCUT2D eigenvalue weighted by molar-refractivity contribution is 6.32. The molecule has 0 unspecified atom stereocenters. The second-order valence-corrected chi connectivity index (χ2v) is 12.5. The number of hydrogen-bond acceptors (Lipinski definition) is 6. The molecule has 0 N–H and O–H groups in total. The van der Waals surface area contributed by atoms with E-state index in [4.69, 9.17) is 26.4 Å². The predicted molar refractivity (Wildman–Crippen MR) is 179 cm³/mol. The van der Waals surface area contributed by atoms with Crippen LogP contribution in [-0.4, -0.2) is 56.0 Å². The van der Waals surface area contributed by atoms with Gasteiger partial charge in [-0.3, -0.25) is 14.6 Å². The number of hydrogen-bond donors (Lipinski definition) is 0. The molecule has 1 fully saturated rings. The van der Waals surface area contributed by atoms with E-state index >= 15 is 0 Å².